The monoisotopic (exact) mass is 605 g/mol. The third-order valence-electron chi connectivity index (χ3n) is 7.09. The van der Waals surface area contributed by atoms with Crippen molar-refractivity contribution in [2.24, 2.45) is 0 Å². The van der Waals surface area contributed by atoms with Gasteiger partial charge in [0.1, 0.15) is 5.83 Å². The highest BCUT2D eigenvalue weighted by molar-refractivity contribution is 8.01. The maximum Gasteiger partial charge on any atom is 0.233 e. The number of nitrogens with one attached hydrogen (secondary N) is 1. The van der Waals surface area contributed by atoms with Crippen LogP contribution in [0.1, 0.15) is 18.1 Å². The minimum atomic E-state index is -0.428. The number of halogens is 1. The van der Waals surface area contributed by atoms with Gasteiger partial charge in [-0.1, -0.05) is 48.7 Å². The van der Waals surface area contributed by atoms with Gasteiger partial charge < -0.3 is 24.6 Å². The molecule has 0 saturated carbocycles. The molecule has 2 aliphatic rings. The van der Waals surface area contributed by atoms with Gasteiger partial charge in [-0.25, -0.2) is 9.37 Å². The van der Waals surface area contributed by atoms with Crippen molar-refractivity contribution in [2.75, 3.05) is 73.5 Å². The number of anilines is 4. The smallest absolute Gasteiger partial charge is 0.233 e. The summed E-state index contributed by atoms with van der Waals surface area (Å²) in [6.45, 7) is 11.0. The first kappa shape index (κ1) is 28.5. The van der Waals surface area contributed by atoms with Crippen LogP contribution in [0.25, 0.3) is 21.6 Å². The molecule has 2 aliphatic heterocycles. The molecule has 0 radical (unpaired) electrons. The van der Waals surface area contributed by atoms with Gasteiger partial charge >= 0.3 is 0 Å². The molecule has 0 spiro atoms. The Hall–Kier alpha value is -3.58. The number of nitrogens with zero attached hydrogens (tertiary/aromatic N) is 6. The molecule has 2 aromatic heterocycles. The molecule has 9 nitrogen and oxygen atoms in total. The van der Waals surface area contributed by atoms with Gasteiger partial charge in [-0.15, -0.1) is 11.3 Å². The summed E-state index contributed by atoms with van der Waals surface area (Å²) in [6, 6.07) is 13.5. The van der Waals surface area contributed by atoms with Crippen molar-refractivity contribution in [1.82, 2.24) is 19.9 Å². The number of morpholine rings is 2. The zero-order chi connectivity index (χ0) is 28.9. The summed E-state index contributed by atoms with van der Waals surface area (Å²) in [5, 5.41) is 3.40. The van der Waals surface area contributed by atoms with Crippen LogP contribution in [0.5, 0.6) is 0 Å². The molecule has 4 heterocycles. The molecule has 12 heteroatoms. The highest BCUT2D eigenvalue weighted by atomic mass is 32.2. The van der Waals surface area contributed by atoms with E-state index in [1.165, 1.54) is 0 Å². The lowest BCUT2D eigenvalue weighted by Crippen LogP contribution is -2.40. The molecule has 0 bridgehead atoms. The van der Waals surface area contributed by atoms with E-state index in [0.29, 0.717) is 55.6 Å². The van der Waals surface area contributed by atoms with Gasteiger partial charge in [0, 0.05) is 43.2 Å². The van der Waals surface area contributed by atoms with Crippen molar-refractivity contribution in [3.8, 4) is 0 Å². The molecule has 4 aromatic rings. The quantitative estimate of drug-likeness (QED) is 0.228. The van der Waals surface area contributed by atoms with Crippen molar-refractivity contribution < 1.29 is 13.9 Å². The maximum atomic E-state index is 14.0. The van der Waals surface area contributed by atoms with E-state index >= 15 is 0 Å². The number of ether oxygens (including phenoxy) is 2. The van der Waals surface area contributed by atoms with Crippen molar-refractivity contribution in [3.05, 3.63) is 66.2 Å². The van der Waals surface area contributed by atoms with Crippen molar-refractivity contribution in [1.29, 1.82) is 0 Å². The second kappa shape index (κ2) is 13.2. The van der Waals surface area contributed by atoms with E-state index in [0.717, 1.165) is 57.6 Å². The van der Waals surface area contributed by atoms with Gasteiger partial charge in [-0.2, -0.15) is 15.0 Å². The average molecular weight is 606 g/mol. The van der Waals surface area contributed by atoms with Crippen molar-refractivity contribution in [2.45, 2.75) is 11.3 Å². The topological polar surface area (TPSA) is 88.5 Å². The van der Waals surface area contributed by atoms with Gasteiger partial charge in [0.25, 0.3) is 0 Å². The van der Waals surface area contributed by atoms with Crippen molar-refractivity contribution in [3.63, 3.8) is 0 Å². The van der Waals surface area contributed by atoms with Crippen LogP contribution < -0.4 is 15.1 Å². The number of hydrogen-bond donors (Lipinski definition) is 1. The maximum absolute atomic E-state index is 14.0. The lowest BCUT2D eigenvalue weighted by Gasteiger charge is -2.30. The van der Waals surface area contributed by atoms with Gasteiger partial charge in [0.05, 0.1) is 36.6 Å². The first-order valence-electron chi connectivity index (χ1n) is 13.9. The summed E-state index contributed by atoms with van der Waals surface area (Å²) in [4.78, 5) is 23.4. The Morgan fingerprint density at radius 3 is 2.21 bits per heavy atom. The molecule has 2 aromatic carbocycles. The summed E-state index contributed by atoms with van der Waals surface area (Å²) >= 11 is 3.27. The van der Waals surface area contributed by atoms with Gasteiger partial charge in [0.2, 0.25) is 17.8 Å². The molecule has 0 amide bonds. The van der Waals surface area contributed by atoms with Gasteiger partial charge in [0.15, 0.2) is 4.34 Å². The molecule has 6 rings (SSSR count). The van der Waals surface area contributed by atoms with E-state index in [2.05, 4.69) is 27.8 Å². The predicted octanol–water partition coefficient (Wildman–Crippen LogP) is 6.03. The number of thiazole rings is 1. The fourth-order valence-electron chi connectivity index (χ4n) is 4.85. The molecular formula is C30H32FN7O2S2. The lowest BCUT2D eigenvalue weighted by atomic mass is 10.0. The van der Waals surface area contributed by atoms with Crippen LogP contribution in [-0.2, 0) is 9.47 Å². The number of allylic oxidation sites excluding steroid dienone is 1. The first-order valence-corrected chi connectivity index (χ1v) is 15.7. The van der Waals surface area contributed by atoms with E-state index < -0.39 is 5.83 Å². The number of fused-ring (bicyclic) bond motifs is 1. The zero-order valence-corrected chi connectivity index (χ0v) is 25.0. The molecule has 42 heavy (non-hydrogen) atoms. The Bertz CT molecular complexity index is 1560. The van der Waals surface area contributed by atoms with Gasteiger partial charge in [-0.3, -0.25) is 0 Å². The summed E-state index contributed by atoms with van der Waals surface area (Å²) in [5.74, 6) is 2.03. The summed E-state index contributed by atoms with van der Waals surface area (Å²) in [5.41, 5.74) is 4.22. The zero-order valence-electron chi connectivity index (χ0n) is 23.4. The van der Waals surface area contributed by atoms with Crippen LogP contribution in [0.15, 0.2) is 59.5 Å². The Morgan fingerprint density at radius 2 is 1.60 bits per heavy atom. The number of hydrogen-bond acceptors (Lipinski definition) is 11. The summed E-state index contributed by atoms with van der Waals surface area (Å²) in [6.07, 6.45) is 2.02. The van der Waals surface area contributed by atoms with E-state index in [9.17, 15) is 4.39 Å². The van der Waals surface area contributed by atoms with Crippen LogP contribution in [0.2, 0.25) is 0 Å². The van der Waals surface area contributed by atoms with E-state index in [1.54, 1.807) is 29.2 Å². The Kier molecular flexibility index (Phi) is 8.94. The number of rotatable bonds is 9. The largest absolute Gasteiger partial charge is 0.378 e. The van der Waals surface area contributed by atoms with Crippen LogP contribution >= 0.6 is 23.1 Å². The van der Waals surface area contributed by atoms with Crippen LogP contribution in [0.3, 0.4) is 0 Å². The molecule has 0 atom stereocenters. The van der Waals surface area contributed by atoms with Crippen molar-refractivity contribution >= 4 is 68.2 Å². The fourth-order valence-corrected chi connectivity index (χ4v) is 7.03. The normalized spacial score (nSPS) is 16.2. The van der Waals surface area contributed by atoms with E-state index in [-0.39, 0.29) is 0 Å². The average Bonchev–Trinajstić information content (AvgIpc) is 3.44. The third-order valence-corrected chi connectivity index (χ3v) is 9.30. The second-order valence-electron chi connectivity index (χ2n) is 9.80. The second-order valence-corrected chi connectivity index (χ2v) is 12.1. The SMILES string of the molecule is C=C(F)c1ccccc1C(=CC)CSc1nc2ccc(Nc3nc(N4CCOCC4)nc(N4CCOCC4)n3)cc2s1. The Balaban J connectivity index is 1.20. The van der Waals surface area contributed by atoms with E-state index in [4.69, 9.17) is 29.4 Å². The molecular weight excluding hydrogens is 574 g/mol. The number of thioether (sulfide) groups is 1. The van der Waals surface area contributed by atoms with Crippen LogP contribution in [0, 0.1) is 0 Å². The van der Waals surface area contributed by atoms with E-state index in [1.807, 2.05) is 43.3 Å². The Labute approximate surface area is 252 Å². The summed E-state index contributed by atoms with van der Waals surface area (Å²) < 4.78 is 27.1. The third kappa shape index (κ3) is 6.57. The molecule has 218 valence electrons. The highest BCUT2D eigenvalue weighted by Gasteiger charge is 2.21. The minimum Gasteiger partial charge on any atom is -0.378 e. The van der Waals surface area contributed by atoms with Crippen LogP contribution in [0.4, 0.5) is 27.9 Å². The predicted molar refractivity (Wildman–Crippen MR) is 170 cm³/mol. The molecule has 2 fully saturated rings. The molecule has 2 saturated heterocycles. The molecule has 1 N–H and O–H groups in total. The van der Waals surface area contributed by atoms with Crippen LogP contribution in [-0.4, -0.2) is 78.3 Å². The lowest BCUT2D eigenvalue weighted by molar-refractivity contribution is 0.121. The Morgan fingerprint density at radius 1 is 0.952 bits per heavy atom. The number of aromatic nitrogens is 4. The first-order chi connectivity index (χ1) is 20.6. The summed E-state index contributed by atoms with van der Waals surface area (Å²) in [7, 11) is 0. The highest BCUT2D eigenvalue weighted by Crippen LogP contribution is 2.35. The fraction of sp³-hybridized carbons (Fsp3) is 0.333. The number of benzene rings is 2. The standard InChI is InChI=1S/C30H32FN7O2S2/c1-3-21(24-7-5-4-6-23(24)20(2)31)19-41-30-33-25-9-8-22(18-26(25)42-30)32-27-34-28(37-10-14-39-15-11-37)36-29(35-27)38-12-16-40-17-13-38/h3-9,18H,2,10-17,19H2,1H3,(H,32,34,35,36). The molecule has 0 unspecified atom stereocenters. The molecule has 0 aliphatic carbocycles. The minimum absolute atomic E-state index is 0.428. The van der Waals surface area contributed by atoms with Gasteiger partial charge in [-0.05, 0) is 36.3 Å².